The normalized spacial score (nSPS) is 24.3. The fourth-order valence-corrected chi connectivity index (χ4v) is 3.85. The molecule has 1 unspecified atom stereocenters. The molecule has 0 bridgehead atoms. The number of rotatable bonds is 4. The maximum Gasteiger partial charge on any atom is 0.324 e. The van der Waals surface area contributed by atoms with Crippen molar-refractivity contribution in [1.29, 1.82) is 0 Å². The fourth-order valence-electron chi connectivity index (χ4n) is 3.85. The molecule has 27 heavy (non-hydrogen) atoms. The number of nitrogens with one attached hydrogen (secondary N) is 1. The number of hydrogen-bond acceptors (Lipinski definition) is 8. The lowest BCUT2D eigenvalue weighted by molar-refractivity contribution is -0.140. The smallest absolute Gasteiger partial charge is 0.324 e. The number of carbonyl (C=O) groups is 1. The summed E-state index contributed by atoms with van der Waals surface area (Å²) in [5.74, 6) is 1.48. The molecule has 1 amide bonds. The van der Waals surface area contributed by atoms with Crippen molar-refractivity contribution in [2.24, 2.45) is 0 Å². The van der Waals surface area contributed by atoms with E-state index in [1.54, 1.807) is 7.05 Å². The van der Waals surface area contributed by atoms with Gasteiger partial charge >= 0.3 is 6.01 Å². The number of hydrazine groups is 1. The van der Waals surface area contributed by atoms with Gasteiger partial charge in [0.05, 0.1) is 0 Å². The van der Waals surface area contributed by atoms with Crippen LogP contribution in [0.3, 0.4) is 0 Å². The summed E-state index contributed by atoms with van der Waals surface area (Å²) in [6.45, 7) is 3.90. The van der Waals surface area contributed by atoms with Crippen LogP contribution in [0.2, 0.25) is 0 Å². The SMILES string of the molecule is CN1NC(Oc2nc(N3CCCCC3)nc(N3CCCCC3)n2)CCC1=O. The molecular weight excluding hydrogens is 346 g/mol. The van der Waals surface area contributed by atoms with Crippen molar-refractivity contribution in [1.82, 2.24) is 25.4 Å². The van der Waals surface area contributed by atoms with Gasteiger partial charge < -0.3 is 14.5 Å². The molecule has 148 valence electrons. The van der Waals surface area contributed by atoms with Crippen LogP contribution in [0.25, 0.3) is 0 Å². The Hall–Kier alpha value is -2.16. The molecule has 1 N–H and O–H groups in total. The molecule has 1 aromatic rings. The van der Waals surface area contributed by atoms with Crippen molar-refractivity contribution in [3.05, 3.63) is 0 Å². The van der Waals surface area contributed by atoms with Gasteiger partial charge in [-0.3, -0.25) is 9.80 Å². The number of carbonyl (C=O) groups excluding carboxylic acids is 1. The minimum absolute atomic E-state index is 0.0634. The van der Waals surface area contributed by atoms with E-state index in [9.17, 15) is 4.79 Å². The van der Waals surface area contributed by atoms with Gasteiger partial charge in [0.15, 0.2) is 6.23 Å². The molecule has 3 saturated heterocycles. The fraction of sp³-hybridized carbons (Fsp3) is 0.778. The lowest BCUT2D eigenvalue weighted by Crippen LogP contribution is -2.52. The highest BCUT2D eigenvalue weighted by atomic mass is 16.5. The molecule has 0 radical (unpaired) electrons. The topological polar surface area (TPSA) is 86.7 Å². The standard InChI is InChI=1S/C18H29N7O2/c1-23-15(26)9-8-14(22-23)27-18-20-16(24-10-4-2-5-11-24)19-17(21-18)25-12-6-3-7-13-25/h14,22H,2-13H2,1H3. The van der Waals surface area contributed by atoms with E-state index >= 15 is 0 Å². The van der Waals surface area contributed by atoms with Crippen molar-refractivity contribution in [3.63, 3.8) is 0 Å². The Bertz CT molecular complexity index is 623. The number of nitrogens with zero attached hydrogens (tertiary/aromatic N) is 6. The van der Waals surface area contributed by atoms with Crippen LogP contribution in [-0.2, 0) is 4.79 Å². The largest absolute Gasteiger partial charge is 0.442 e. The van der Waals surface area contributed by atoms with Crippen LogP contribution in [0, 0.1) is 0 Å². The van der Waals surface area contributed by atoms with Crippen molar-refractivity contribution in [3.8, 4) is 6.01 Å². The second kappa shape index (κ2) is 8.24. The van der Waals surface area contributed by atoms with E-state index in [4.69, 9.17) is 9.72 Å². The van der Waals surface area contributed by atoms with E-state index < -0.39 is 0 Å². The first-order valence-corrected chi connectivity index (χ1v) is 10.1. The minimum atomic E-state index is -0.307. The quantitative estimate of drug-likeness (QED) is 0.843. The Balaban J connectivity index is 1.56. The van der Waals surface area contributed by atoms with Crippen molar-refractivity contribution in [2.75, 3.05) is 43.0 Å². The Morgan fingerprint density at radius 1 is 0.889 bits per heavy atom. The molecule has 1 aromatic heterocycles. The summed E-state index contributed by atoms with van der Waals surface area (Å²) in [5, 5.41) is 1.48. The molecular formula is C18H29N7O2. The van der Waals surface area contributed by atoms with Crippen LogP contribution < -0.4 is 20.0 Å². The van der Waals surface area contributed by atoms with Crippen LogP contribution in [0.5, 0.6) is 6.01 Å². The molecule has 3 aliphatic heterocycles. The molecule has 9 nitrogen and oxygen atoms in total. The van der Waals surface area contributed by atoms with E-state index in [1.807, 2.05) is 0 Å². The monoisotopic (exact) mass is 375 g/mol. The Morgan fingerprint density at radius 3 is 1.96 bits per heavy atom. The van der Waals surface area contributed by atoms with Crippen LogP contribution in [0.4, 0.5) is 11.9 Å². The van der Waals surface area contributed by atoms with Crippen molar-refractivity contribution in [2.45, 2.75) is 57.6 Å². The van der Waals surface area contributed by atoms with Gasteiger partial charge in [-0.15, -0.1) is 0 Å². The molecule has 9 heteroatoms. The highest BCUT2D eigenvalue weighted by molar-refractivity contribution is 5.76. The summed E-state index contributed by atoms with van der Waals surface area (Å²) in [4.78, 5) is 30.1. The van der Waals surface area contributed by atoms with E-state index in [0.717, 1.165) is 51.9 Å². The molecule has 1 atom stereocenters. The maximum absolute atomic E-state index is 11.7. The molecule has 4 rings (SSSR count). The highest BCUT2D eigenvalue weighted by Gasteiger charge is 2.26. The third-order valence-electron chi connectivity index (χ3n) is 5.45. The number of anilines is 2. The van der Waals surface area contributed by atoms with Crippen molar-refractivity contribution < 1.29 is 9.53 Å². The average molecular weight is 375 g/mol. The van der Waals surface area contributed by atoms with Gasteiger partial charge in [0.1, 0.15) is 0 Å². The molecule has 0 spiro atoms. The summed E-state index contributed by atoms with van der Waals surface area (Å²) >= 11 is 0. The maximum atomic E-state index is 11.7. The second-order valence-corrected chi connectivity index (χ2v) is 7.54. The van der Waals surface area contributed by atoms with Gasteiger partial charge in [0.2, 0.25) is 17.8 Å². The van der Waals surface area contributed by atoms with Crippen LogP contribution in [0.15, 0.2) is 0 Å². The number of aromatic nitrogens is 3. The third-order valence-corrected chi connectivity index (χ3v) is 5.45. The number of ether oxygens (including phenoxy) is 1. The van der Waals surface area contributed by atoms with Gasteiger partial charge in [-0.25, -0.2) is 0 Å². The van der Waals surface area contributed by atoms with E-state index in [1.165, 1.54) is 17.9 Å². The first-order chi connectivity index (χ1) is 13.2. The molecule has 0 aliphatic carbocycles. The lowest BCUT2D eigenvalue weighted by Gasteiger charge is -2.32. The Kier molecular flexibility index (Phi) is 5.56. The first-order valence-electron chi connectivity index (χ1n) is 10.1. The molecule has 4 heterocycles. The van der Waals surface area contributed by atoms with Gasteiger partial charge in [-0.1, -0.05) is 0 Å². The molecule has 3 fully saturated rings. The average Bonchev–Trinajstić information content (AvgIpc) is 2.72. The number of hydrogen-bond donors (Lipinski definition) is 1. The molecule has 3 aliphatic rings. The summed E-state index contributed by atoms with van der Waals surface area (Å²) in [5.41, 5.74) is 3.05. The zero-order valence-corrected chi connectivity index (χ0v) is 16.1. The van der Waals surface area contributed by atoms with E-state index in [0.29, 0.717) is 30.7 Å². The van der Waals surface area contributed by atoms with Crippen LogP contribution in [-0.4, -0.2) is 65.3 Å². The Labute approximate surface area is 160 Å². The van der Waals surface area contributed by atoms with Gasteiger partial charge in [0.25, 0.3) is 0 Å². The lowest BCUT2D eigenvalue weighted by atomic mass is 10.1. The van der Waals surface area contributed by atoms with Gasteiger partial charge in [-0.2, -0.15) is 20.4 Å². The van der Waals surface area contributed by atoms with Gasteiger partial charge in [0, 0.05) is 46.1 Å². The summed E-state index contributed by atoms with van der Waals surface area (Å²) in [6.07, 6.45) is 7.93. The zero-order chi connectivity index (χ0) is 18.6. The van der Waals surface area contributed by atoms with Crippen molar-refractivity contribution >= 4 is 17.8 Å². The highest BCUT2D eigenvalue weighted by Crippen LogP contribution is 2.24. The number of amides is 1. The predicted octanol–water partition coefficient (Wildman–Crippen LogP) is 1.31. The summed E-state index contributed by atoms with van der Waals surface area (Å²) < 4.78 is 6.02. The van der Waals surface area contributed by atoms with Crippen LogP contribution in [0.1, 0.15) is 51.4 Å². The zero-order valence-electron chi connectivity index (χ0n) is 16.1. The first kappa shape index (κ1) is 18.2. The summed E-state index contributed by atoms with van der Waals surface area (Å²) in [7, 11) is 1.71. The van der Waals surface area contributed by atoms with Crippen LogP contribution >= 0.6 is 0 Å². The Morgan fingerprint density at radius 2 is 1.44 bits per heavy atom. The number of piperidine rings is 2. The molecule has 0 aromatic carbocycles. The third kappa shape index (κ3) is 4.40. The van der Waals surface area contributed by atoms with E-state index in [2.05, 4.69) is 25.2 Å². The predicted molar refractivity (Wildman–Crippen MR) is 102 cm³/mol. The van der Waals surface area contributed by atoms with E-state index in [-0.39, 0.29) is 12.1 Å². The van der Waals surface area contributed by atoms with Gasteiger partial charge in [-0.05, 0) is 38.5 Å². The summed E-state index contributed by atoms with van der Waals surface area (Å²) in [6, 6.07) is 0.339. The minimum Gasteiger partial charge on any atom is -0.442 e. The second-order valence-electron chi connectivity index (χ2n) is 7.54. The molecule has 0 saturated carbocycles.